The summed E-state index contributed by atoms with van der Waals surface area (Å²) in [6.45, 7) is 1.77. The smallest absolute Gasteiger partial charge is 0.162 e. The van der Waals surface area contributed by atoms with Gasteiger partial charge >= 0.3 is 0 Å². The molecule has 0 spiro atoms. The second-order valence-corrected chi connectivity index (χ2v) is 3.75. The molecule has 0 radical (unpaired) electrons. The van der Waals surface area contributed by atoms with Crippen molar-refractivity contribution >= 4 is 5.84 Å². The molecular weight excluding hydrogens is 204 g/mol. The zero-order valence-corrected chi connectivity index (χ0v) is 8.77. The van der Waals surface area contributed by atoms with Crippen LogP contribution < -0.4 is 15.2 Å². The number of hydrogen-bond acceptors (Lipinski definition) is 4. The zero-order chi connectivity index (χ0) is 11.0. The molecule has 0 amide bonds. The highest BCUT2D eigenvalue weighted by molar-refractivity contribution is 6.01. The van der Waals surface area contributed by atoms with Gasteiger partial charge in [-0.3, -0.25) is 4.99 Å². The molecule has 1 aromatic rings. The highest BCUT2D eigenvalue weighted by Gasteiger charge is 2.18. The summed E-state index contributed by atoms with van der Waals surface area (Å²) < 4.78 is 11.2. The fraction of sp³-hybridized carbons (Fsp3) is 0.250. The molecule has 0 atom stereocenters. The highest BCUT2D eigenvalue weighted by atomic mass is 16.5. The largest absolute Gasteiger partial charge is 0.486 e. The van der Waals surface area contributed by atoms with Crippen LogP contribution in [0.1, 0.15) is 11.1 Å². The minimum absolute atomic E-state index is 0.562. The topological polar surface area (TPSA) is 56.8 Å². The monoisotopic (exact) mass is 216 g/mol. The van der Waals surface area contributed by atoms with Crippen LogP contribution in [-0.2, 0) is 6.54 Å². The Bertz CT molecular complexity index is 492. The number of hydrogen-bond donors (Lipinski definition) is 1. The van der Waals surface area contributed by atoms with Crippen molar-refractivity contribution in [3.8, 4) is 11.5 Å². The van der Waals surface area contributed by atoms with E-state index in [4.69, 9.17) is 15.2 Å². The summed E-state index contributed by atoms with van der Waals surface area (Å²) in [6.07, 6.45) is 3.88. The number of fused-ring (bicyclic) bond motifs is 2. The molecule has 0 aromatic heterocycles. The molecule has 82 valence electrons. The number of nitrogens with two attached hydrogens (primary N) is 1. The van der Waals surface area contributed by atoms with E-state index in [1.165, 1.54) is 0 Å². The summed E-state index contributed by atoms with van der Waals surface area (Å²) in [4.78, 5) is 4.19. The van der Waals surface area contributed by atoms with Gasteiger partial charge in [-0.1, -0.05) is 0 Å². The highest BCUT2D eigenvalue weighted by Crippen LogP contribution is 2.33. The lowest BCUT2D eigenvalue weighted by molar-refractivity contribution is 0.296. The molecule has 0 bridgehead atoms. The lowest BCUT2D eigenvalue weighted by atomic mass is 10.1. The van der Waals surface area contributed by atoms with Crippen molar-refractivity contribution in [2.75, 3.05) is 13.2 Å². The van der Waals surface area contributed by atoms with Gasteiger partial charge in [0.2, 0.25) is 0 Å². The van der Waals surface area contributed by atoms with E-state index in [1.807, 2.05) is 24.3 Å². The summed E-state index contributed by atoms with van der Waals surface area (Å²) >= 11 is 0. The molecule has 16 heavy (non-hydrogen) atoms. The van der Waals surface area contributed by atoms with Crippen molar-refractivity contribution < 1.29 is 9.47 Å². The third-order valence-electron chi connectivity index (χ3n) is 2.70. The maximum Gasteiger partial charge on any atom is 0.162 e. The minimum atomic E-state index is 0.562. The Hall–Kier alpha value is -1.97. The lowest BCUT2D eigenvalue weighted by Crippen LogP contribution is -2.12. The van der Waals surface area contributed by atoms with Crippen LogP contribution in [-0.4, -0.2) is 19.0 Å². The first-order valence-electron chi connectivity index (χ1n) is 5.22. The van der Waals surface area contributed by atoms with Crippen LogP contribution in [0.3, 0.4) is 0 Å². The molecule has 0 saturated carbocycles. The average molecular weight is 216 g/mol. The van der Waals surface area contributed by atoms with Crippen molar-refractivity contribution in [3.05, 3.63) is 35.4 Å². The number of aliphatic imine (C=N–C) groups is 1. The Morgan fingerprint density at radius 1 is 1.06 bits per heavy atom. The van der Waals surface area contributed by atoms with Gasteiger partial charge in [0.1, 0.15) is 19.0 Å². The van der Waals surface area contributed by atoms with Crippen LogP contribution in [0.5, 0.6) is 11.5 Å². The van der Waals surface area contributed by atoms with E-state index in [1.54, 1.807) is 0 Å². The average Bonchev–Trinajstić information content (AvgIpc) is 2.60. The maximum atomic E-state index is 5.79. The molecule has 2 aliphatic rings. The molecule has 2 aliphatic heterocycles. The molecule has 0 aliphatic carbocycles. The second kappa shape index (κ2) is 3.56. The van der Waals surface area contributed by atoms with Gasteiger partial charge in [-0.05, 0) is 29.8 Å². The fourth-order valence-electron chi connectivity index (χ4n) is 1.86. The van der Waals surface area contributed by atoms with Gasteiger partial charge in [0.25, 0.3) is 0 Å². The van der Waals surface area contributed by atoms with Gasteiger partial charge in [-0.25, -0.2) is 0 Å². The molecular formula is C12H12N2O2. The number of nitrogens with zero attached hydrogens (tertiary/aromatic N) is 1. The first-order valence-corrected chi connectivity index (χ1v) is 5.22. The molecule has 4 nitrogen and oxygen atoms in total. The van der Waals surface area contributed by atoms with Gasteiger partial charge in [-0.15, -0.1) is 0 Å². The van der Waals surface area contributed by atoms with Crippen LogP contribution in [0.2, 0.25) is 0 Å². The maximum absolute atomic E-state index is 5.79. The summed E-state index contributed by atoms with van der Waals surface area (Å²) in [6, 6.07) is 3.88. The van der Waals surface area contributed by atoms with Gasteiger partial charge in [0, 0.05) is 5.56 Å². The second-order valence-electron chi connectivity index (χ2n) is 3.75. The van der Waals surface area contributed by atoms with Crippen LogP contribution in [0, 0.1) is 0 Å². The van der Waals surface area contributed by atoms with Gasteiger partial charge < -0.3 is 15.2 Å². The van der Waals surface area contributed by atoms with Crippen molar-refractivity contribution in [1.82, 2.24) is 0 Å². The fourth-order valence-corrected chi connectivity index (χ4v) is 1.86. The molecule has 2 N–H and O–H groups in total. The quantitative estimate of drug-likeness (QED) is 0.664. The predicted molar refractivity (Wildman–Crippen MR) is 61.0 cm³/mol. The first kappa shape index (κ1) is 9.27. The molecule has 1 aromatic carbocycles. The summed E-state index contributed by atoms with van der Waals surface area (Å²) in [5, 5.41) is 0. The Balaban J connectivity index is 2.05. The van der Waals surface area contributed by atoms with E-state index >= 15 is 0 Å². The summed E-state index contributed by atoms with van der Waals surface area (Å²) in [7, 11) is 0. The molecule has 2 heterocycles. The van der Waals surface area contributed by atoms with Gasteiger partial charge in [0.15, 0.2) is 11.5 Å². The van der Waals surface area contributed by atoms with Crippen molar-refractivity contribution in [2.24, 2.45) is 10.7 Å². The molecule has 0 saturated heterocycles. The minimum Gasteiger partial charge on any atom is -0.486 e. The van der Waals surface area contributed by atoms with E-state index in [9.17, 15) is 0 Å². The third-order valence-corrected chi connectivity index (χ3v) is 2.70. The number of ether oxygens (including phenoxy) is 2. The number of amidine groups is 1. The Labute approximate surface area is 93.4 Å². The molecule has 0 unspecified atom stereocenters. The van der Waals surface area contributed by atoms with E-state index in [0.717, 1.165) is 22.6 Å². The van der Waals surface area contributed by atoms with Crippen molar-refractivity contribution in [1.29, 1.82) is 0 Å². The number of benzene rings is 1. The van der Waals surface area contributed by atoms with E-state index in [2.05, 4.69) is 4.99 Å². The Morgan fingerprint density at radius 3 is 2.50 bits per heavy atom. The number of rotatable bonds is 0. The van der Waals surface area contributed by atoms with Gasteiger partial charge in [-0.2, -0.15) is 0 Å². The van der Waals surface area contributed by atoms with Crippen LogP contribution in [0.4, 0.5) is 0 Å². The van der Waals surface area contributed by atoms with Crippen molar-refractivity contribution in [2.45, 2.75) is 6.54 Å². The van der Waals surface area contributed by atoms with Crippen LogP contribution in [0.25, 0.3) is 0 Å². The lowest BCUT2D eigenvalue weighted by Gasteiger charge is -2.15. The molecule has 4 heteroatoms. The third kappa shape index (κ3) is 1.43. The first-order chi connectivity index (χ1) is 7.84. The van der Waals surface area contributed by atoms with Crippen LogP contribution in [0.15, 0.2) is 29.3 Å². The standard InChI is InChI=1S/C12H12N2O2/c13-12-9-6-11-10(5-8(9)7-14-12)15-3-1-2-4-16-11/h1-2,5-6H,3-4,7H2,(H2,13,14)/b2-1-. The normalized spacial score (nSPS) is 19.4. The van der Waals surface area contributed by atoms with Crippen LogP contribution >= 0.6 is 0 Å². The summed E-state index contributed by atoms with van der Waals surface area (Å²) in [5.74, 6) is 2.09. The Morgan fingerprint density at radius 2 is 1.75 bits per heavy atom. The zero-order valence-electron chi connectivity index (χ0n) is 8.77. The molecule has 3 rings (SSSR count). The SMILES string of the molecule is NC1=NCc2cc3c(cc21)OC/C=C\CO3. The Kier molecular flexibility index (Phi) is 2.06. The molecule has 0 fully saturated rings. The summed E-state index contributed by atoms with van der Waals surface area (Å²) in [5.41, 5.74) is 7.86. The van der Waals surface area contributed by atoms with E-state index < -0.39 is 0 Å². The predicted octanol–water partition coefficient (Wildman–Crippen LogP) is 1.23. The van der Waals surface area contributed by atoms with E-state index in [-0.39, 0.29) is 0 Å². The van der Waals surface area contributed by atoms with E-state index in [0.29, 0.717) is 25.6 Å². The van der Waals surface area contributed by atoms with Crippen molar-refractivity contribution in [3.63, 3.8) is 0 Å². The van der Waals surface area contributed by atoms with Gasteiger partial charge in [0.05, 0.1) is 6.54 Å².